The maximum atomic E-state index is 12.5. The predicted molar refractivity (Wildman–Crippen MR) is 114 cm³/mol. The summed E-state index contributed by atoms with van der Waals surface area (Å²) < 4.78 is 5.68. The Morgan fingerprint density at radius 1 is 1.14 bits per heavy atom. The van der Waals surface area contributed by atoms with Crippen LogP contribution in [0.2, 0.25) is 0 Å². The highest BCUT2D eigenvalue weighted by atomic mass is 32.2. The minimum atomic E-state index is -0.797. The standard InChI is InChI=1S/C23H27NO4S/c1-3-15-7-10-19(24-13-15)20(25)14-28-18-8-5-16(6-9-18)11-21-23(27)17(4-2)12-22(26)29-21/h5-10,13,17,20-21,25H,3-4,11-12,14H2,1-2H3. The van der Waals surface area contributed by atoms with Gasteiger partial charge in [0.1, 0.15) is 24.2 Å². The van der Waals surface area contributed by atoms with E-state index in [1.54, 1.807) is 6.20 Å². The van der Waals surface area contributed by atoms with E-state index in [4.69, 9.17) is 4.74 Å². The summed E-state index contributed by atoms with van der Waals surface area (Å²) in [6.07, 6.45) is 3.50. The van der Waals surface area contributed by atoms with Gasteiger partial charge in [-0.15, -0.1) is 0 Å². The normalized spacial score (nSPS) is 20.5. The van der Waals surface area contributed by atoms with Gasteiger partial charge in [0.25, 0.3) is 0 Å². The maximum absolute atomic E-state index is 12.5. The molecular formula is C23H27NO4S. The van der Waals surface area contributed by atoms with Crippen LogP contribution >= 0.6 is 11.8 Å². The summed E-state index contributed by atoms with van der Waals surface area (Å²) in [5.74, 6) is 0.683. The lowest BCUT2D eigenvalue weighted by atomic mass is 9.92. The van der Waals surface area contributed by atoms with Crippen molar-refractivity contribution in [2.45, 2.75) is 50.9 Å². The van der Waals surface area contributed by atoms with Crippen molar-refractivity contribution < 1.29 is 19.4 Å². The molecule has 1 aliphatic rings. The van der Waals surface area contributed by atoms with E-state index < -0.39 is 6.10 Å². The molecule has 3 rings (SSSR count). The van der Waals surface area contributed by atoms with Crippen LogP contribution in [-0.4, -0.2) is 32.8 Å². The molecule has 154 valence electrons. The third-order valence-corrected chi connectivity index (χ3v) is 6.36. The van der Waals surface area contributed by atoms with Crippen LogP contribution in [0.5, 0.6) is 5.75 Å². The molecule has 29 heavy (non-hydrogen) atoms. The van der Waals surface area contributed by atoms with Crippen molar-refractivity contribution >= 4 is 22.7 Å². The number of ether oxygens (including phenoxy) is 1. The Morgan fingerprint density at radius 3 is 2.48 bits per heavy atom. The van der Waals surface area contributed by atoms with Crippen molar-refractivity contribution in [2.75, 3.05) is 6.61 Å². The lowest BCUT2D eigenvalue weighted by Gasteiger charge is -2.25. The van der Waals surface area contributed by atoms with E-state index in [1.165, 1.54) is 11.8 Å². The second-order valence-corrected chi connectivity index (χ2v) is 8.57. The van der Waals surface area contributed by atoms with Gasteiger partial charge in [0.2, 0.25) is 0 Å². The molecule has 0 bridgehead atoms. The van der Waals surface area contributed by atoms with Gasteiger partial charge in [0.15, 0.2) is 5.12 Å². The third-order valence-electron chi connectivity index (χ3n) is 5.25. The van der Waals surface area contributed by atoms with Crippen molar-refractivity contribution in [3.05, 3.63) is 59.4 Å². The lowest BCUT2D eigenvalue weighted by Crippen LogP contribution is -2.34. The van der Waals surface area contributed by atoms with Crippen molar-refractivity contribution in [1.29, 1.82) is 0 Å². The first-order chi connectivity index (χ1) is 14.0. The van der Waals surface area contributed by atoms with Crippen LogP contribution in [0.3, 0.4) is 0 Å². The van der Waals surface area contributed by atoms with Gasteiger partial charge >= 0.3 is 0 Å². The number of aryl methyl sites for hydroxylation is 1. The largest absolute Gasteiger partial charge is 0.490 e. The van der Waals surface area contributed by atoms with Crippen LogP contribution in [0.25, 0.3) is 0 Å². The molecule has 2 aromatic rings. The van der Waals surface area contributed by atoms with E-state index in [2.05, 4.69) is 11.9 Å². The van der Waals surface area contributed by atoms with Gasteiger partial charge in [-0.2, -0.15) is 0 Å². The fourth-order valence-corrected chi connectivity index (χ4v) is 4.56. The number of carbonyl (C=O) groups is 2. The number of hydrogen-bond acceptors (Lipinski definition) is 6. The highest BCUT2D eigenvalue weighted by molar-refractivity contribution is 8.14. The Morgan fingerprint density at radius 2 is 1.86 bits per heavy atom. The second kappa shape index (κ2) is 10.0. The predicted octanol–water partition coefficient (Wildman–Crippen LogP) is 3.93. The Hall–Kier alpha value is -2.18. The Balaban J connectivity index is 1.54. The van der Waals surface area contributed by atoms with E-state index in [-0.39, 0.29) is 28.7 Å². The quantitative estimate of drug-likeness (QED) is 0.707. The van der Waals surface area contributed by atoms with Crippen molar-refractivity contribution in [2.24, 2.45) is 5.92 Å². The summed E-state index contributed by atoms with van der Waals surface area (Å²) >= 11 is 1.17. The van der Waals surface area contributed by atoms with Crippen LogP contribution in [-0.2, 0) is 22.4 Å². The number of benzene rings is 1. The molecule has 3 atom stereocenters. The fourth-order valence-electron chi connectivity index (χ4n) is 3.36. The molecular weight excluding hydrogens is 386 g/mol. The number of ketones is 1. The zero-order valence-electron chi connectivity index (χ0n) is 16.8. The topological polar surface area (TPSA) is 76.5 Å². The maximum Gasteiger partial charge on any atom is 0.190 e. The Bertz CT molecular complexity index is 835. The highest BCUT2D eigenvalue weighted by Crippen LogP contribution is 2.32. The van der Waals surface area contributed by atoms with E-state index in [0.717, 1.165) is 17.5 Å². The monoisotopic (exact) mass is 413 g/mol. The van der Waals surface area contributed by atoms with Crippen molar-refractivity contribution in [3.63, 3.8) is 0 Å². The molecule has 6 heteroatoms. The van der Waals surface area contributed by atoms with Crippen molar-refractivity contribution in [3.8, 4) is 5.75 Å². The Kier molecular flexibility index (Phi) is 7.45. The summed E-state index contributed by atoms with van der Waals surface area (Å²) in [6, 6.07) is 11.2. The molecule has 1 fully saturated rings. The van der Waals surface area contributed by atoms with Gasteiger partial charge in [0, 0.05) is 18.5 Å². The molecule has 0 saturated carbocycles. The number of thioether (sulfide) groups is 1. The number of carbonyl (C=O) groups excluding carboxylic acids is 2. The molecule has 3 unspecified atom stereocenters. The minimum absolute atomic E-state index is 0.107. The molecule has 1 aromatic heterocycles. The van der Waals surface area contributed by atoms with Gasteiger partial charge in [-0.25, -0.2) is 0 Å². The van der Waals surface area contributed by atoms with Gasteiger partial charge in [-0.05, 0) is 48.6 Å². The summed E-state index contributed by atoms with van der Waals surface area (Å²) in [7, 11) is 0. The number of aromatic nitrogens is 1. The molecule has 2 heterocycles. The summed E-state index contributed by atoms with van der Waals surface area (Å²) in [5, 5.41) is 10.1. The zero-order valence-corrected chi connectivity index (χ0v) is 17.7. The lowest BCUT2D eigenvalue weighted by molar-refractivity contribution is -0.126. The van der Waals surface area contributed by atoms with E-state index in [1.807, 2.05) is 43.3 Å². The average Bonchev–Trinajstić information content (AvgIpc) is 2.75. The number of aliphatic hydroxyl groups excluding tert-OH is 1. The smallest absolute Gasteiger partial charge is 0.190 e. The molecule has 0 amide bonds. The Labute approximate surface area is 175 Å². The van der Waals surface area contributed by atoms with Crippen LogP contribution in [0, 0.1) is 5.92 Å². The number of hydrogen-bond donors (Lipinski definition) is 1. The molecule has 1 aliphatic heterocycles. The molecule has 0 aliphatic carbocycles. The molecule has 1 saturated heterocycles. The van der Waals surface area contributed by atoms with E-state index >= 15 is 0 Å². The van der Waals surface area contributed by atoms with Crippen LogP contribution in [0.4, 0.5) is 0 Å². The highest BCUT2D eigenvalue weighted by Gasteiger charge is 2.35. The molecule has 0 spiro atoms. The second-order valence-electron chi connectivity index (χ2n) is 7.31. The van der Waals surface area contributed by atoms with E-state index in [9.17, 15) is 14.7 Å². The zero-order chi connectivity index (χ0) is 20.8. The number of aliphatic hydroxyl groups is 1. The summed E-state index contributed by atoms with van der Waals surface area (Å²) in [5.41, 5.74) is 2.70. The third kappa shape index (κ3) is 5.67. The molecule has 1 N–H and O–H groups in total. The minimum Gasteiger partial charge on any atom is -0.490 e. The van der Waals surface area contributed by atoms with Crippen LogP contribution in [0.1, 0.15) is 49.6 Å². The van der Waals surface area contributed by atoms with Gasteiger partial charge < -0.3 is 9.84 Å². The van der Waals surface area contributed by atoms with Gasteiger partial charge in [0.05, 0.1) is 10.9 Å². The molecule has 5 nitrogen and oxygen atoms in total. The number of rotatable bonds is 8. The summed E-state index contributed by atoms with van der Waals surface area (Å²) in [4.78, 5) is 28.7. The molecule has 0 radical (unpaired) electrons. The average molecular weight is 414 g/mol. The first-order valence-corrected chi connectivity index (χ1v) is 11.0. The van der Waals surface area contributed by atoms with Crippen LogP contribution < -0.4 is 4.74 Å². The molecule has 1 aromatic carbocycles. The van der Waals surface area contributed by atoms with E-state index in [0.29, 0.717) is 30.7 Å². The van der Waals surface area contributed by atoms with Crippen molar-refractivity contribution in [1.82, 2.24) is 4.98 Å². The summed E-state index contributed by atoms with van der Waals surface area (Å²) in [6.45, 7) is 4.13. The first-order valence-electron chi connectivity index (χ1n) is 10.1. The number of nitrogens with zero attached hydrogens (tertiary/aromatic N) is 1. The number of Topliss-reactive ketones (excluding diaryl/α,β-unsaturated/α-hetero) is 1. The van der Waals surface area contributed by atoms with Gasteiger partial charge in [-0.3, -0.25) is 14.6 Å². The number of pyridine rings is 1. The van der Waals surface area contributed by atoms with Crippen LogP contribution in [0.15, 0.2) is 42.6 Å². The first kappa shape index (κ1) is 21.5. The fraction of sp³-hybridized carbons (Fsp3) is 0.435. The van der Waals surface area contributed by atoms with Gasteiger partial charge in [-0.1, -0.05) is 43.8 Å². The SMILES string of the molecule is CCc1ccc(C(O)COc2ccc(CC3SC(=O)CC(CC)C3=O)cc2)nc1.